The lowest BCUT2D eigenvalue weighted by molar-refractivity contribution is -0.141. The zero-order chi connectivity index (χ0) is 25.6. The van der Waals surface area contributed by atoms with Gasteiger partial charge in [-0.25, -0.2) is 15.0 Å². The zero-order valence-electron chi connectivity index (χ0n) is 20.0. The number of hydrogen-bond donors (Lipinski definition) is 2. The molecule has 0 aromatic carbocycles. The quantitative estimate of drug-likeness (QED) is 0.403. The molecule has 5 heterocycles. The number of nitrogens with zero attached hydrogens (tertiary/aromatic N) is 6. The summed E-state index contributed by atoms with van der Waals surface area (Å²) in [5, 5.41) is 5.56. The molecule has 1 aliphatic carbocycles. The van der Waals surface area contributed by atoms with E-state index in [4.69, 9.17) is 10.5 Å². The Labute approximate surface area is 210 Å². The minimum absolute atomic E-state index is 0.00345. The summed E-state index contributed by atoms with van der Waals surface area (Å²) >= 11 is 0. The average molecular weight is 513 g/mol. The highest BCUT2D eigenvalue weighted by atomic mass is 19.4. The van der Waals surface area contributed by atoms with Crippen LogP contribution in [0, 0.1) is 0 Å². The van der Waals surface area contributed by atoms with Gasteiger partial charge in [-0.05, 0) is 43.4 Å². The molecule has 4 aromatic rings. The number of nitrogens with one attached hydrogen (secondary N) is 1. The molecule has 37 heavy (non-hydrogen) atoms. The molecule has 0 atom stereocenters. The minimum Gasteiger partial charge on any atom is -0.474 e. The second-order valence-corrected chi connectivity index (χ2v) is 9.70. The van der Waals surface area contributed by atoms with E-state index < -0.39 is 11.9 Å². The van der Waals surface area contributed by atoms with Gasteiger partial charge in [-0.3, -0.25) is 9.58 Å². The fraction of sp³-hybridized carbons (Fsp3) is 0.440. The van der Waals surface area contributed by atoms with Crippen LogP contribution < -0.4 is 10.5 Å². The summed E-state index contributed by atoms with van der Waals surface area (Å²) in [6.45, 7) is 1.67. The Kier molecular flexibility index (Phi) is 6.07. The first-order valence-electron chi connectivity index (χ1n) is 12.4. The Morgan fingerprint density at radius 1 is 1.11 bits per heavy atom. The smallest absolute Gasteiger partial charge is 0.433 e. The Hall–Kier alpha value is -3.51. The van der Waals surface area contributed by atoms with E-state index in [1.54, 1.807) is 6.33 Å². The molecule has 0 radical (unpaired) electrons. The van der Waals surface area contributed by atoms with Crippen molar-refractivity contribution in [3.05, 3.63) is 54.4 Å². The molecule has 0 unspecified atom stereocenters. The average Bonchev–Trinajstić information content (AvgIpc) is 3.53. The van der Waals surface area contributed by atoms with Crippen LogP contribution in [-0.4, -0.2) is 59.9 Å². The van der Waals surface area contributed by atoms with Crippen LogP contribution in [0.1, 0.15) is 43.0 Å². The van der Waals surface area contributed by atoms with Crippen LogP contribution in [0.25, 0.3) is 22.3 Å². The summed E-state index contributed by atoms with van der Waals surface area (Å²) in [6.07, 6.45) is 6.09. The summed E-state index contributed by atoms with van der Waals surface area (Å²) in [7, 11) is 0. The molecule has 0 amide bonds. The third-order valence-electron chi connectivity index (χ3n) is 7.36. The van der Waals surface area contributed by atoms with Crippen molar-refractivity contribution in [2.75, 3.05) is 13.1 Å². The van der Waals surface area contributed by atoms with Crippen LogP contribution in [0.5, 0.6) is 5.88 Å². The summed E-state index contributed by atoms with van der Waals surface area (Å²) in [4.78, 5) is 17.9. The fourth-order valence-corrected chi connectivity index (χ4v) is 5.25. The van der Waals surface area contributed by atoms with E-state index in [1.807, 2.05) is 29.3 Å². The van der Waals surface area contributed by atoms with Crippen molar-refractivity contribution < 1.29 is 17.9 Å². The van der Waals surface area contributed by atoms with E-state index in [2.05, 4.69) is 29.9 Å². The number of alkyl halides is 3. The number of aromatic nitrogens is 6. The number of hydrogen-bond acceptors (Lipinski definition) is 7. The number of ether oxygens (including phenoxy) is 1. The molecule has 1 saturated carbocycles. The Bertz CT molecular complexity index is 1390. The third-order valence-corrected chi connectivity index (χ3v) is 7.36. The van der Waals surface area contributed by atoms with Gasteiger partial charge in [0.05, 0.1) is 17.9 Å². The van der Waals surface area contributed by atoms with E-state index in [1.165, 1.54) is 6.07 Å². The maximum absolute atomic E-state index is 13.2. The maximum atomic E-state index is 13.2. The normalized spacial score (nSPS) is 21.3. The van der Waals surface area contributed by atoms with Crippen molar-refractivity contribution >= 4 is 11.0 Å². The van der Waals surface area contributed by atoms with E-state index in [-0.39, 0.29) is 18.5 Å². The minimum atomic E-state index is -4.54. The standard InChI is InChI=1S/C25H27F3N8O/c26-25(27,28)21-7-15(11-29)8-22(34-21)37-19-2-5-35(6-3-19)17-9-18(10-17)36-13-16(12-33-36)23-20-1-4-30-24(20)32-14-31-23/h1,4,7-8,12-14,17-19H,2-3,5-6,9-11,29H2,(H,30,31,32). The lowest BCUT2D eigenvalue weighted by Crippen LogP contribution is -2.50. The maximum Gasteiger partial charge on any atom is 0.433 e. The highest BCUT2D eigenvalue weighted by Crippen LogP contribution is 2.38. The van der Waals surface area contributed by atoms with E-state index in [0.29, 0.717) is 17.6 Å². The van der Waals surface area contributed by atoms with Crippen LogP contribution in [-0.2, 0) is 12.7 Å². The molecule has 4 aromatic heterocycles. The molecular formula is C25H27F3N8O. The predicted molar refractivity (Wildman–Crippen MR) is 130 cm³/mol. The summed E-state index contributed by atoms with van der Waals surface area (Å²) in [5.74, 6) is -0.00692. The molecule has 6 rings (SSSR count). The predicted octanol–water partition coefficient (Wildman–Crippen LogP) is 3.94. The van der Waals surface area contributed by atoms with Gasteiger partial charge in [0.15, 0.2) is 0 Å². The van der Waals surface area contributed by atoms with Gasteiger partial charge in [-0.15, -0.1) is 0 Å². The Morgan fingerprint density at radius 3 is 2.68 bits per heavy atom. The van der Waals surface area contributed by atoms with Gasteiger partial charge in [0, 0.05) is 55.1 Å². The highest BCUT2D eigenvalue weighted by molar-refractivity contribution is 5.89. The van der Waals surface area contributed by atoms with Crippen LogP contribution in [0.4, 0.5) is 13.2 Å². The molecule has 2 fully saturated rings. The molecule has 1 saturated heterocycles. The molecule has 1 aliphatic heterocycles. The van der Waals surface area contributed by atoms with Crippen molar-refractivity contribution in [1.82, 2.24) is 34.6 Å². The SMILES string of the molecule is NCc1cc(OC2CCN(C3CC(n4cc(-c5ncnc6[nH]ccc56)cn4)C3)CC2)nc(C(F)(F)F)c1. The van der Waals surface area contributed by atoms with Gasteiger partial charge in [0.1, 0.15) is 23.8 Å². The zero-order valence-corrected chi connectivity index (χ0v) is 20.0. The number of rotatable bonds is 6. The molecular weight excluding hydrogens is 485 g/mol. The van der Waals surface area contributed by atoms with Crippen LogP contribution >= 0.6 is 0 Å². The van der Waals surface area contributed by atoms with E-state index in [0.717, 1.165) is 67.1 Å². The topological polar surface area (TPSA) is 111 Å². The van der Waals surface area contributed by atoms with Crippen molar-refractivity contribution in [3.8, 4) is 17.1 Å². The molecule has 9 nitrogen and oxygen atoms in total. The van der Waals surface area contributed by atoms with Gasteiger partial charge >= 0.3 is 6.18 Å². The van der Waals surface area contributed by atoms with Crippen molar-refractivity contribution in [2.45, 2.75) is 56.6 Å². The number of pyridine rings is 1. The fourth-order valence-electron chi connectivity index (χ4n) is 5.25. The largest absolute Gasteiger partial charge is 0.474 e. The second kappa shape index (κ2) is 9.42. The van der Waals surface area contributed by atoms with Gasteiger partial charge < -0.3 is 15.5 Å². The molecule has 0 bridgehead atoms. The number of fused-ring (bicyclic) bond motifs is 1. The van der Waals surface area contributed by atoms with Crippen molar-refractivity contribution in [3.63, 3.8) is 0 Å². The van der Waals surface area contributed by atoms with Crippen molar-refractivity contribution in [2.24, 2.45) is 5.73 Å². The lowest BCUT2D eigenvalue weighted by Gasteiger charge is -2.45. The van der Waals surface area contributed by atoms with E-state index >= 15 is 0 Å². The van der Waals surface area contributed by atoms with E-state index in [9.17, 15) is 13.2 Å². The number of halogens is 3. The Morgan fingerprint density at radius 2 is 1.92 bits per heavy atom. The van der Waals surface area contributed by atoms with Crippen LogP contribution in [0.2, 0.25) is 0 Å². The number of nitrogens with two attached hydrogens (primary N) is 1. The lowest BCUT2D eigenvalue weighted by atomic mass is 9.84. The number of likely N-dealkylation sites (tertiary alicyclic amines) is 1. The first-order chi connectivity index (χ1) is 17.9. The monoisotopic (exact) mass is 512 g/mol. The highest BCUT2D eigenvalue weighted by Gasteiger charge is 2.38. The van der Waals surface area contributed by atoms with Crippen LogP contribution in [0.15, 0.2) is 43.1 Å². The van der Waals surface area contributed by atoms with Crippen LogP contribution in [0.3, 0.4) is 0 Å². The van der Waals surface area contributed by atoms with Gasteiger partial charge in [-0.1, -0.05) is 0 Å². The van der Waals surface area contributed by atoms with Gasteiger partial charge in [0.2, 0.25) is 5.88 Å². The summed E-state index contributed by atoms with van der Waals surface area (Å²) in [6, 6.07) is 5.23. The molecule has 3 N–H and O–H groups in total. The molecule has 2 aliphatic rings. The summed E-state index contributed by atoms with van der Waals surface area (Å²) < 4.78 is 47.4. The molecule has 194 valence electrons. The first kappa shape index (κ1) is 23.9. The van der Waals surface area contributed by atoms with Gasteiger partial charge in [0.25, 0.3) is 0 Å². The van der Waals surface area contributed by atoms with Gasteiger partial charge in [-0.2, -0.15) is 18.3 Å². The third kappa shape index (κ3) is 4.78. The van der Waals surface area contributed by atoms with Crippen molar-refractivity contribution in [1.29, 1.82) is 0 Å². The summed E-state index contributed by atoms with van der Waals surface area (Å²) in [5.41, 5.74) is 7.59. The Balaban J connectivity index is 1.03. The number of piperidine rings is 1. The number of H-pyrrole nitrogens is 1. The number of aromatic amines is 1. The molecule has 0 spiro atoms. The first-order valence-corrected chi connectivity index (χ1v) is 12.4. The second-order valence-electron chi connectivity index (χ2n) is 9.70. The molecule has 12 heteroatoms.